The highest BCUT2D eigenvalue weighted by Gasteiger charge is 2.59. The van der Waals surface area contributed by atoms with Gasteiger partial charge in [0.15, 0.2) is 5.96 Å². The molecule has 1 heterocycles. The van der Waals surface area contributed by atoms with Gasteiger partial charge in [-0.25, -0.2) is 4.99 Å². The molecule has 1 amide bonds. The molecule has 8 heteroatoms. The number of halogens is 1. The summed E-state index contributed by atoms with van der Waals surface area (Å²) < 4.78 is 11.3. The van der Waals surface area contributed by atoms with Gasteiger partial charge in [0.05, 0.1) is 12.4 Å². The lowest BCUT2D eigenvalue weighted by molar-refractivity contribution is -0.168. The van der Waals surface area contributed by atoms with E-state index in [9.17, 15) is 4.79 Å². The van der Waals surface area contributed by atoms with Gasteiger partial charge in [0, 0.05) is 45.1 Å². The number of rotatable bonds is 8. The average Bonchev–Trinajstić information content (AvgIpc) is 3.09. The molecule has 0 saturated heterocycles. The van der Waals surface area contributed by atoms with Crippen molar-refractivity contribution in [1.29, 1.82) is 0 Å². The van der Waals surface area contributed by atoms with Gasteiger partial charge in [-0.3, -0.25) is 4.79 Å². The molecule has 2 N–H and O–H groups in total. The Labute approximate surface area is 184 Å². The SMILES string of the molecule is CCOC1CC(NC(=NCC(=O)N(C)C)NCCc2ccco2)C12CCC2.I. The van der Waals surface area contributed by atoms with Crippen molar-refractivity contribution in [1.82, 2.24) is 15.5 Å². The Bertz CT molecular complexity index is 644. The molecule has 2 unspecified atom stereocenters. The lowest BCUT2D eigenvalue weighted by Gasteiger charge is -2.61. The van der Waals surface area contributed by atoms with Crippen LogP contribution in [-0.4, -0.2) is 62.7 Å². The van der Waals surface area contributed by atoms with Crippen molar-refractivity contribution in [3.05, 3.63) is 24.2 Å². The molecule has 0 aliphatic heterocycles. The van der Waals surface area contributed by atoms with Gasteiger partial charge in [0.2, 0.25) is 5.91 Å². The molecule has 1 aromatic rings. The van der Waals surface area contributed by atoms with Crippen molar-refractivity contribution in [2.24, 2.45) is 10.4 Å². The summed E-state index contributed by atoms with van der Waals surface area (Å²) in [4.78, 5) is 18.0. The van der Waals surface area contributed by atoms with Crippen molar-refractivity contribution in [2.45, 2.75) is 51.2 Å². The molecule has 0 bridgehead atoms. The zero-order chi connectivity index (χ0) is 19.3. The number of likely N-dealkylation sites (N-methyl/N-ethyl adjacent to an activating group) is 1. The van der Waals surface area contributed by atoms with Crippen molar-refractivity contribution in [2.75, 3.05) is 33.8 Å². The first kappa shape index (κ1) is 23.0. The maximum absolute atomic E-state index is 11.9. The van der Waals surface area contributed by atoms with E-state index in [1.807, 2.05) is 12.1 Å². The lowest BCUT2D eigenvalue weighted by atomic mass is 9.51. The van der Waals surface area contributed by atoms with Crippen LogP contribution in [0.5, 0.6) is 0 Å². The highest BCUT2D eigenvalue weighted by atomic mass is 127. The first-order valence-corrected chi connectivity index (χ1v) is 9.94. The number of furan rings is 1. The largest absolute Gasteiger partial charge is 0.469 e. The molecule has 2 aliphatic rings. The standard InChI is InChI=1S/C20H32N4O3.HI/c1-4-26-17-13-16(20(17)9-6-10-20)23-19(22-14-18(25)24(2)3)21-11-8-15-7-5-12-27-15;/h5,7,12,16-17H,4,6,8-11,13-14H2,1-3H3,(H2,21,22,23);1H. The summed E-state index contributed by atoms with van der Waals surface area (Å²) in [6, 6.07) is 4.21. The second-order valence-corrected chi connectivity index (χ2v) is 7.67. The van der Waals surface area contributed by atoms with Crippen LogP contribution in [0.1, 0.15) is 38.4 Å². The van der Waals surface area contributed by atoms with Crippen LogP contribution in [-0.2, 0) is 16.0 Å². The van der Waals surface area contributed by atoms with Gasteiger partial charge in [-0.2, -0.15) is 0 Å². The highest BCUT2D eigenvalue weighted by Crippen LogP contribution is 2.57. The van der Waals surface area contributed by atoms with Gasteiger partial charge in [-0.05, 0) is 38.3 Å². The normalized spacial score (nSPS) is 22.6. The van der Waals surface area contributed by atoms with Crippen molar-refractivity contribution in [3.8, 4) is 0 Å². The maximum Gasteiger partial charge on any atom is 0.243 e. The number of amides is 1. The number of aliphatic imine (C=N–C) groups is 1. The molecule has 28 heavy (non-hydrogen) atoms. The fraction of sp³-hybridized carbons (Fsp3) is 0.700. The summed E-state index contributed by atoms with van der Waals surface area (Å²) in [5.41, 5.74) is 0.241. The van der Waals surface area contributed by atoms with Crippen molar-refractivity contribution < 1.29 is 13.9 Å². The Morgan fingerprint density at radius 3 is 2.79 bits per heavy atom. The number of nitrogens with one attached hydrogen (secondary N) is 2. The molecule has 1 spiro atoms. The summed E-state index contributed by atoms with van der Waals surface area (Å²) in [6.07, 6.45) is 7.46. The van der Waals surface area contributed by atoms with E-state index in [0.717, 1.165) is 25.2 Å². The smallest absolute Gasteiger partial charge is 0.243 e. The summed E-state index contributed by atoms with van der Waals surface area (Å²) in [5, 5.41) is 6.92. The predicted molar refractivity (Wildman–Crippen MR) is 120 cm³/mol. The van der Waals surface area contributed by atoms with E-state index in [-0.39, 0.29) is 41.8 Å². The van der Waals surface area contributed by atoms with Gasteiger partial charge in [0.25, 0.3) is 0 Å². The fourth-order valence-corrected chi connectivity index (χ4v) is 4.01. The molecular formula is C20H33IN4O3. The van der Waals surface area contributed by atoms with Gasteiger partial charge < -0.3 is 24.7 Å². The monoisotopic (exact) mass is 504 g/mol. The number of carbonyl (C=O) groups is 1. The average molecular weight is 504 g/mol. The van der Waals surface area contributed by atoms with E-state index in [4.69, 9.17) is 9.15 Å². The van der Waals surface area contributed by atoms with E-state index in [2.05, 4.69) is 22.5 Å². The molecular weight excluding hydrogens is 471 g/mol. The van der Waals surface area contributed by atoms with Gasteiger partial charge in [0.1, 0.15) is 12.3 Å². The van der Waals surface area contributed by atoms with E-state index in [0.29, 0.717) is 24.7 Å². The quantitative estimate of drug-likeness (QED) is 0.323. The van der Waals surface area contributed by atoms with Gasteiger partial charge in [-0.1, -0.05) is 6.42 Å². The van der Waals surface area contributed by atoms with Crippen LogP contribution in [0.2, 0.25) is 0 Å². The van der Waals surface area contributed by atoms with Crippen LogP contribution in [0, 0.1) is 5.41 Å². The fourth-order valence-electron chi connectivity index (χ4n) is 4.01. The van der Waals surface area contributed by atoms with Gasteiger partial charge >= 0.3 is 0 Å². The van der Waals surface area contributed by atoms with Crippen LogP contribution in [0.3, 0.4) is 0 Å². The van der Waals surface area contributed by atoms with Crippen LogP contribution in [0.25, 0.3) is 0 Å². The Hall–Kier alpha value is -1.29. The topological polar surface area (TPSA) is 79.1 Å². The Kier molecular flexibility index (Phi) is 8.60. The van der Waals surface area contributed by atoms with E-state index < -0.39 is 0 Å². The molecule has 2 saturated carbocycles. The number of guanidine groups is 1. The van der Waals surface area contributed by atoms with Crippen LogP contribution < -0.4 is 10.6 Å². The molecule has 0 radical (unpaired) electrons. The molecule has 158 valence electrons. The molecule has 0 aromatic carbocycles. The molecule has 1 aromatic heterocycles. The third-order valence-electron chi connectivity index (χ3n) is 5.86. The lowest BCUT2D eigenvalue weighted by Crippen LogP contribution is -2.68. The van der Waals surface area contributed by atoms with Crippen molar-refractivity contribution in [3.63, 3.8) is 0 Å². The third-order valence-corrected chi connectivity index (χ3v) is 5.86. The number of ether oxygens (including phenoxy) is 1. The van der Waals surface area contributed by atoms with Crippen LogP contribution in [0.4, 0.5) is 0 Å². The van der Waals surface area contributed by atoms with E-state index in [1.54, 1.807) is 25.3 Å². The molecule has 2 fully saturated rings. The minimum Gasteiger partial charge on any atom is -0.469 e. The summed E-state index contributed by atoms with van der Waals surface area (Å²) in [5.74, 6) is 1.62. The molecule has 2 aliphatic carbocycles. The second kappa shape index (κ2) is 10.5. The summed E-state index contributed by atoms with van der Waals surface area (Å²) >= 11 is 0. The number of hydrogen-bond donors (Lipinski definition) is 2. The Morgan fingerprint density at radius 2 is 2.21 bits per heavy atom. The predicted octanol–water partition coefficient (Wildman–Crippen LogP) is 2.41. The Balaban J connectivity index is 0.00000280. The van der Waals surface area contributed by atoms with Crippen molar-refractivity contribution >= 4 is 35.8 Å². The number of carbonyl (C=O) groups excluding carboxylic acids is 1. The number of hydrogen-bond acceptors (Lipinski definition) is 4. The molecule has 3 rings (SSSR count). The summed E-state index contributed by atoms with van der Waals surface area (Å²) in [7, 11) is 3.49. The maximum atomic E-state index is 11.9. The van der Waals surface area contributed by atoms with E-state index in [1.165, 1.54) is 19.3 Å². The second-order valence-electron chi connectivity index (χ2n) is 7.67. The van der Waals surface area contributed by atoms with Crippen LogP contribution >= 0.6 is 24.0 Å². The highest BCUT2D eigenvalue weighted by molar-refractivity contribution is 14.0. The minimum absolute atomic E-state index is 0. The molecule has 2 atom stereocenters. The first-order chi connectivity index (χ1) is 13.0. The molecule has 7 nitrogen and oxygen atoms in total. The first-order valence-electron chi connectivity index (χ1n) is 9.94. The third kappa shape index (κ3) is 5.20. The minimum atomic E-state index is -0.0127. The zero-order valence-electron chi connectivity index (χ0n) is 17.1. The zero-order valence-corrected chi connectivity index (χ0v) is 19.4. The number of nitrogens with zero attached hydrogens (tertiary/aromatic N) is 2. The Morgan fingerprint density at radius 1 is 1.43 bits per heavy atom. The van der Waals surface area contributed by atoms with Crippen LogP contribution in [0.15, 0.2) is 27.8 Å². The van der Waals surface area contributed by atoms with E-state index >= 15 is 0 Å². The summed E-state index contributed by atoms with van der Waals surface area (Å²) in [6.45, 7) is 3.66. The van der Waals surface area contributed by atoms with Gasteiger partial charge in [-0.15, -0.1) is 24.0 Å².